The Bertz CT molecular complexity index is 1150. The number of aliphatic hydroxyl groups excluding tert-OH is 12. The molecule has 0 saturated carbocycles. The number of amides is 4. The lowest BCUT2D eigenvalue weighted by Gasteiger charge is -2.37. The molecule has 0 aromatic heterocycles. The Labute approximate surface area is 346 Å². The maximum absolute atomic E-state index is 13.4. The fraction of sp³-hybridized carbons (Fsp3) is 0.833. The first-order valence-electron chi connectivity index (χ1n) is 19.4. The van der Waals surface area contributed by atoms with E-state index in [9.17, 15) is 100 Å². The molecule has 0 aliphatic heterocycles. The number of nitrogens with one attached hydrogen (secondary N) is 4. The molecule has 0 aromatic rings. The van der Waals surface area contributed by atoms with Crippen molar-refractivity contribution in [2.45, 2.75) is 99.2 Å². The van der Waals surface area contributed by atoms with Gasteiger partial charge in [0, 0.05) is 0 Å². The first-order chi connectivity index (χ1) is 28.3. The second-order valence-electron chi connectivity index (χ2n) is 15.3. The third-order valence-electron chi connectivity index (χ3n) is 10.8. The van der Waals surface area contributed by atoms with Gasteiger partial charge in [-0.25, -0.2) is 0 Å². The molecule has 4 amide bonds. The zero-order valence-electron chi connectivity index (χ0n) is 33.7. The topological polar surface area (TPSA) is 434 Å². The first-order valence-corrected chi connectivity index (χ1v) is 19.4. The zero-order valence-corrected chi connectivity index (χ0v) is 33.7. The van der Waals surface area contributed by atoms with Crippen LogP contribution in [0.5, 0.6) is 0 Å². The average Bonchev–Trinajstić information content (AvgIpc) is 3.25. The molecule has 0 heterocycles. The highest BCUT2D eigenvalue weighted by atomic mass is 16.4. The van der Waals surface area contributed by atoms with Crippen LogP contribution < -0.4 is 21.3 Å². The van der Waals surface area contributed by atoms with Crippen LogP contribution in [-0.2, 0) is 28.8 Å². The van der Waals surface area contributed by atoms with Gasteiger partial charge in [-0.2, -0.15) is 0 Å². The quantitative estimate of drug-likeness (QED) is 0.0208. The number of hydrogen-bond donors (Lipinski definition) is 18. The van der Waals surface area contributed by atoms with Crippen LogP contribution in [-0.4, -0.2) is 208 Å². The molecule has 0 fully saturated rings. The van der Waals surface area contributed by atoms with Crippen molar-refractivity contribution >= 4 is 35.6 Å². The third-order valence-corrected chi connectivity index (χ3v) is 10.8. The molecule has 60 heavy (non-hydrogen) atoms. The Kier molecular flexibility index (Phi) is 25.0. The van der Waals surface area contributed by atoms with E-state index in [4.69, 9.17) is 0 Å². The summed E-state index contributed by atoms with van der Waals surface area (Å²) < 4.78 is 0. The van der Waals surface area contributed by atoms with Crippen LogP contribution in [0.15, 0.2) is 0 Å². The lowest BCUT2D eigenvalue weighted by Crippen LogP contribution is -2.68. The largest absolute Gasteiger partial charge is 0.480 e. The van der Waals surface area contributed by atoms with Crippen molar-refractivity contribution in [3.05, 3.63) is 0 Å². The fourth-order valence-corrected chi connectivity index (χ4v) is 5.92. The van der Waals surface area contributed by atoms with Crippen LogP contribution in [0.3, 0.4) is 0 Å². The number of carbonyl (C=O) groups excluding carboxylic acids is 4. The van der Waals surface area contributed by atoms with E-state index in [1.807, 2.05) is 21.3 Å². The molecule has 0 atom stereocenters. The van der Waals surface area contributed by atoms with Crippen LogP contribution in [0, 0.1) is 10.8 Å². The maximum atomic E-state index is 13.4. The third kappa shape index (κ3) is 13.9. The van der Waals surface area contributed by atoms with Gasteiger partial charge in [-0.05, 0) is 12.8 Å². The van der Waals surface area contributed by atoms with Crippen molar-refractivity contribution in [2.75, 3.05) is 79.3 Å². The highest BCUT2D eigenvalue weighted by Crippen LogP contribution is 2.31. The number of carbonyl (C=O) groups is 6. The Morgan fingerprint density at radius 2 is 0.433 bits per heavy atom. The van der Waals surface area contributed by atoms with Crippen LogP contribution in [0.25, 0.3) is 0 Å². The molecule has 18 N–H and O–H groups in total. The minimum Gasteiger partial charge on any atom is -0.480 e. The maximum Gasteiger partial charge on any atom is 0.328 e. The summed E-state index contributed by atoms with van der Waals surface area (Å²) in [6.07, 6.45) is 2.66. The lowest BCUT2D eigenvalue weighted by atomic mass is 9.78. The molecule has 0 unspecified atom stereocenters. The first kappa shape index (κ1) is 56.3. The summed E-state index contributed by atoms with van der Waals surface area (Å²) in [5.74, 6) is -10.0. The van der Waals surface area contributed by atoms with Crippen molar-refractivity contribution in [1.29, 1.82) is 0 Å². The fourth-order valence-electron chi connectivity index (χ4n) is 5.92. The van der Waals surface area contributed by atoms with Gasteiger partial charge in [-0.1, -0.05) is 64.2 Å². The zero-order chi connectivity index (χ0) is 46.3. The van der Waals surface area contributed by atoms with Crippen molar-refractivity contribution in [1.82, 2.24) is 21.3 Å². The molecule has 350 valence electrons. The highest BCUT2D eigenvalue weighted by molar-refractivity contribution is 6.21. The highest BCUT2D eigenvalue weighted by Gasteiger charge is 2.57. The molecular formula is C36H66N4O20. The Morgan fingerprint density at radius 1 is 0.283 bits per heavy atom. The SMILES string of the molecule is O=C(O)C(CCCCCCCCCCCCC(C(=O)O)(C(=O)NC(CO)(CO)CO)C(=O)NC(CO)(CO)CO)(C(=O)NC(CO)(CO)CO)C(=O)NC(CO)(CO)CO. The summed E-state index contributed by atoms with van der Waals surface area (Å²) >= 11 is 0. The van der Waals surface area contributed by atoms with Gasteiger partial charge in [0.1, 0.15) is 22.2 Å². The molecule has 0 bridgehead atoms. The van der Waals surface area contributed by atoms with Gasteiger partial charge in [0.25, 0.3) is 0 Å². The molecule has 0 aliphatic carbocycles. The standard InChI is InChI=1S/C36H66N4O20/c41-13-31(14-42,15-43)37-25(53)35(29(57)58,26(54)38-32(16-44,17-45)18-46)11-9-7-5-3-1-2-4-6-8-10-12-36(30(59)60,27(55)39-33(19-47,20-48)21-49)28(56)40-34(22-50,23-51)24-52/h41-52H,1-24H2,(H,37,53)(H,38,54)(H,39,55)(H,40,56)(H,57,58)(H,59,60). The van der Waals surface area contributed by atoms with Crippen LogP contribution >= 0.6 is 0 Å². The minimum atomic E-state index is -2.96. The number of rotatable bonds is 35. The summed E-state index contributed by atoms with van der Waals surface area (Å²) in [5.41, 5.74) is -14.4. The van der Waals surface area contributed by atoms with E-state index >= 15 is 0 Å². The van der Waals surface area contributed by atoms with Gasteiger partial charge in [0.2, 0.25) is 34.5 Å². The lowest BCUT2D eigenvalue weighted by molar-refractivity contribution is -0.167. The Balaban J connectivity index is 5.65. The molecule has 24 nitrogen and oxygen atoms in total. The number of carboxylic acids is 2. The molecule has 24 heteroatoms. The molecule has 0 spiro atoms. The average molecular weight is 875 g/mol. The monoisotopic (exact) mass is 874 g/mol. The Hall–Kier alpha value is -3.66. The second kappa shape index (κ2) is 26.6. The van der Waals surface area contributed by atoms with Gasteiger partial charge in [0.05, 0.1) is 79.3 Å². The van der Waals surface area contributed by atoms with E-state index < -0.39 is 161 Å². The van der Waals surface area contributed by atoms with Crippen LogP contribution in [0.4, 0.5) is 0 Å². The molecular weight excluding hydrogens is 808 g/mol. The van der Waals surface area contributed by atoms with Crippen molar-refractivity contribution < 1.29 is 100 Å². The van der Waals surface area contributed by atoms with Crippen LogP contribution in [0.2, 0.25) is 0 Å². The Morgan fingerprint density at radius 3 is 0.567 bits per heavy atom. The minimum absolute atomic E-state index is 0.0412. The van der Waals surface area contributed by atoms with Crippen molar-refractivity contribution in [2.24, 2.45) is 10.8 Å². The van der Waals surface area contributed by atoms with Gasteiger partial charge in [-0.3, -0.25) is 28.8 Å². The molecule has 0 radical (unpaired) electrons. The van der Waals surface area contributed by atoms with Gasteiger partial charge in [-0.15, -0.1) is 0 Å². The molecule has 0 aromatic carbocycles. The van der Waals surface area contributed by atoms with E-state index in [0.29, 0.717) is 51.4 Å². The summed E-state index contributed by atoms with van der Waals surface area (Å²) in [7, 11) is 0. The van der Waals surface area contributed by atoms with E-state index in [-0.39, 0.29) is 12.8 Å². The summed E-state index contributed by atoms with van der Waals surface area (Å²) in [6.45, 7) is -12.5. The van der Waals surface area contributed by atoms with Gasteiger partial charge in [0.15, 0.2) is 0 Å². The molecule has 0 rings (SSSR count). The normalized spacial score (nSPS) is 12.8. The van der Waals surface area contributed by atoms with Crippen LogP contribution in [0.1, 0.15) is 77.0 Å². The number of hydrogen-bond acceptors (Lipinski definition) is 18. The summed E-state index contributed by atoms with van der Waals surface area (Å²) in [5, 5.41) is 145. The number of aliphatic hydroxyl groups is 12. The predicted octanol–water partition coefficient (Wildman–Crippen LogP) is -6.86. The van der Waals surface area contributed by atoms with E-state index in [0.717, 1.165) is 0 Å². The predicted molar refractivity (Wildman–Crippen MR) is 204 cm³/mol. The number of carboxylic acid groups (broad SMARTS) is 2. The summed E-state index contributed by atoms with van der Waals surface area (Å²) in [4.78, 5) is 79.1. The van der Waals surface area contributed by atoms with E-state index in [1.165, 1.54) is 0 Å². The number of aliphatic carboxylic acids is 2. The van der Waals surface area contributed by atoms with E-state index in [1.54, 1.807) is 0 Å². The molecule has 0 aliphatic rings. The van der Waals surface area contributed by atoms with Gasteiger partial charge < -0.3 is 92.8 Å². The number of unbranched alkanes of at least 4 members (excludes halogenated alkanes) is 9. The summed E-state index contributed by atoms with van der Waals surface area (Å²) in [6, 6.07) is 0. The second-order valence-corrected chi connectivity index (χ2v) is 15.3. The molecule has 0 saturated heterocycles. The van der Waals surface area contributed by atoms with Gasteiger partial charge >= 0.3 is 11.9 Å². The van der Waals surface area contributed by atoms with Crippen molar-refractivity contribution in [3.63, 3.8) is 0 Å². The van der Waals surface area contributed by atoms with E-state index in [2.05, 4.69) is 0 Å². The smallest absolute Gasteiger partial charge is 0.328 e. The van der Waals surface area contributed by atoms with Crippen molar-refractivity contribution in [3.8, 4) is 0 Å².